The van der Waals surface area contributed by atoms with Crippen LogP contribution in [0.4, 0.5) is 0 Å². The van der Waals surface area contributed by atoms with Gasteiger partial charge >= 0.3 is 5.97 Å². The van der Waals surface area contributed by atoms with E-state index in [1.54, 1.807) is 6.08 Å². The van der Waals surface area contributed by atoms with Crippen LogP contribution >= 0.6 is 0 Å². The SMILES string of the molecule is CCCCOC(=O)/C=C/c1cc2ccccc2[nH]1. The Kier molecular flexibility index (Phi) is 4.18. The fourth-order valence-corrected chi connectivity index (χ4v) is 1.71. The van der Waals surface area contributed by atoms with Crippen molar-refractivity contribution in [1.29, 1.82) is 0 Å². The van der Waals surface area contributed by atoms with E-state index in [1.807, 2.05) is 30.3 Å². The largest absolute Gasteiger partial charge is 0.463 e. The van der Waals surface area contributed by atoms with Gasteiger partial charge < -0.3 is 9.72 Å². The van der Waals surface area contributed by atoms with E-state index in [-0.39, 0.29) is 5.97 Å². The molecule has 0 aliphatic rings. The molecule has 1 aromatic carbocycles. The number of carbonyl (C=O) groups is 1. The van der Waals surface area contributed by atoms with Crippen molar-refractivity contribution in [3.8, 4) is 0 Å². The highest BCUT2D eigenvalue weighted by atomic mass is 16.5. The normalized spacial score (nSPS) is 11.2. The van der Waals surface area contributed by atoms with Crippen molar-refractivity contribution < 1.29 is 9.53 Å². The zero-order valence-corrected chi connectivity index (χ0v) is 10.5. The molecule has 0 radical (unpaired) electrons. The van der Waals surface area contributed by atoms with Gasteiger partial charge in [0.1, 0.15) is 0 Å². The minimum atomic E-state index is -0.290. The van der Waals surface area contributed by atoms with E-state index in [2.05, 4.69) is 11.9 Å². The van der Waals surface area contributed by atoms with Gasteiger partial charge in [-0.2, -0.15) is 0 Å². The first-order chi connectivity index (χ1) is 8.79. The topological polar surface area (TPSA) is 42.1 Å². The molecule has 3 nitrogen and oxygen atoms in total. The number of hydrogen-bond donors (Lipinski definition) is 1. The van der Waals surface area contributed by atoms with Crippen molar-refractivity contribution in [3.63, 3.8) is 0 Å². The molecule has 1 N–H and O–H groups in total. The third kappa shape index (κ3) is 3.23. The highest BCUT2D eigenvalue weighted by molar-refractivity contribution is 5.89. The lowest BCUT2D eigenvalue weighted by Crippen LogP contribution is -2.01. The van der Waals surface area contributed by atoms with Crippen molar-refractivity contribution in [3.05, 3.63) is 42.1 Å². The Morgan fingerprint density at radius 1 is 1.39 bits per heavy atom. The second-order valence-corrected chi connectivity index (χ2v) is 4.17. The molecule has 1 heterocycles. The highest BCUT2D eigenvalue weighted by Gasteiger charge is 1.99. The number of hydrogen-bond acceptors (Lipinski definition) is 2. The number of rotatable bonds is 5. The van der Waals surface area contributed by atoms with E-state index in [9.17, 15) is 4.79 Å². The van der Waals surface area contributed by atoms with Crippen molar-refractivity contribution in [2.75, 3.05) is 6.61 Å². The number of benzene rings is 1. The van der Waals surface area contributed by atoms with Crippen molar-refractivity contribution in [2.45, 2.75) is 19.8 Å². The first kappa shape index (κ1) is 12.4. The van der Waals surface area contributed by atoms with Crippen LogP contribution in [0, 0.1) is 0 Å². The number of H-pyrrole nitrogens is 1. The summed E-state index contributed by atoms with van der Waals surface area (Å²) >= 11 is 0. The van der Waals surface area contributed by atoms with Crippen molar-refractivity contribution >= 4 is 22.9 Å². The monoisotopic (exact) mass is 243 g/mol. The second kappa shape index (κ2) is 6.05. The summed E-state index contributed by atoms with van der Waals surface area (Å²) < 4.78 is 5.04. The molecule has 0 aliphatic carbocycles. The summed E-state index contributed by atoms with van der Waals surface area (Å²) in [5, 5.41) is 1.14. The fraction of sp³-hybridized carbons (Fsp3) is 0.267. The Labute approximate surface area is 106 Å². The summed E-state index contributed by atoms with van der Waals surface area (Å²) in [5.41, 5.74) is 1.97. The van der Waals surface area contributed by atoms with E-state index >= 15 is 0 Å². The van der Waals surface area contributed by atoms with Gasteiger partial charge in [0.2, 0.25) is 0 Å². The van der Waals surface area contributed by atoms with E-state index < -0.39 is 0 Å². The minimum absolute atomic E-state index is 0.290. The van der Waals surface area contributed by atoms with Crippen LogP contribution in [0.5, 0.6) is 0 Å². The molecule has 0 saturated heterocycles. The Bertz CT molecular complexity index is 521. The third-order valence-electron chi connectivity index (χ3n) is 2.69. The van der Waals surface area contributed by atoms with Gasteiger partial charge in [-0.15, -0.1) is 0 Å². The van der Waals surface area contributed by atoms with Gasteiger partial charge in [0, 0.05) is 17.3 Å². The van der Waals surface area contributed by atoms with E-state index in [1.165, 1.54) is 6.08 Å². The van der Waals surface area contributed by atoms with E-state index in [0.29, 0.717) is 6.61 Å². The number of fused-ring (bicyclic) bond motifs is 1. The predicted octanol–water partition coefficient (Wildman–Crippen LogP) is 3.52. The van der Waals surface area contributed by atoms with Crippen LogP contribution in [0.3, 0.4) is 0 Å². The van der Waals surface area contributed by atoms with Crippen LogP contribution in [-0.4, -0.2) is 17.6 Å². The number of para-hydroxylation sites is 1. The minimum Gasteiger partial charge on any atom is -0.463 e. The average molecular weight is 243 g/mol. The fourth-order valence-electron chi connectivity index (χ4n) is 1.71. The molecular weight excluding hydrogens is 226 g/mol. The van der Waals surface area contributed by atoms with Crippen molar-refractivity contribution in [2.24, 2.45) is 0 Å². The van der Waals surface area contributed by atoms with E-state index in [4.69, 9.17) is 4.74 Å². The highest BCUT2D eigenvalue weighted by Crippen LogP contribution is 2.15. The average Bonchev–Trinajstić information content (AvgIpc) is 2.79. The molecule has 3 heteroatoms. The van der Waals surface area contributed by atoms with E-state index in [0.717, 1.165) is 29.4 Å². The molecule has 1 aromatic heterocycles. The van der Waals surface area contributed by atoms with Gasteiger partial charge in [-0.25, -0.2) is 4.79 Å². The van der Waals surface area contributed by atoms with Gasteiger partial charge in [0.25, 0.3) is 0 Å². The lowest BCUT2D eigenvalue weighted by atomic mass is 10.2. The molecule has 18 heavy (non-hydrogen) atoms. The van der Waals surface area contributed by atoms with Crippen LogP contribution in [0.1, 0.15) is 25.5 Å². The van der Waals surface area contributed by atoms with Gasteiger partial charge in [0.15, 0.2) is 0 Å². The number of aromatic amines is 1. The molecule has 0 fully saturated rings. The number of esters is 1. The summed E-state index contributed by atoms with van der Waals surface area (Å²) in [5.74, 6) is -0.290. The number of unbranched alkanes of at least 4 members (excludes halogenated alkanes) is 1. The summed E-state index contributed by atoms with van der Waals surface area (Å²) in [6.45, 7) is 2.56. The summed E-state index contributed by atoms with van der Waals surface area (Å²) in [7, 11) is 0. The van der Waals surface area contributed by atoms with Crippen LogP contribution < -0.4 is 0 Å². The molecule has 2 rings (SSSR count). The smallest absolute Gasteiger partial charge is 0.330 e. The predicted molar refractivity (Wildman–Crippen MR) is 73.2 cm³/mol. The Morgan fingerprint density at radius 2 is 2.22 bits per heavy atom. The number of nitrogens with one attached hydrogen (secondary N) is 1. The number of aromatic nitrogens is 1. The number of ether oxygens (including phenoxy) is 1. The zero-order chi connectivity index (χ0) is 12.8. The molecule has 0 aliphatic heterocycles. The van der Waals surface area contributed by atoms with Gasteiger partial charge in [0.05, 0.1) is 6.61 Å². The first-order valence-corrected chi connectivity index (χ1v) is 6.22. The maximum atomic E-state index is 11.4. The Hall–Kier alpha value is -2.03. The Morgan fingerprint density at radius 3 is 3.00 bits per heavy atom. The molecule has 0 amide bonds. The van der Waals surface area contributed by atoms with Crippen LogP contribution in [0.25, 0.3) is 17.0 Å². The van der Waals surface area contributed by atoms with Crippen LogP contribution in [0.2, 0.25) is 0 Å². The summed E-state index contributed by atoms with van der Waals surface area (Å²) in [6.07, 6.45) is 5.14. The molecule has 2 aromatic rings. The van der Waals surface area contributed by atoms with Crippen LogP contribution in [0.15, 0.2) is 36.4 Å². The summed E-state index contributed by atoms with van der Waals surface area (Å²) in [4.78, 5) is 14.6. The van der Waals surface area contributed by atoms with Gasteiger partial charge in [-0.05, 0) is 30.0 Å². The standard InChI is InChI=1S/C15H17NO2/c1-2-3-10-18-15(17)9-8-13-11-12-6-4-5-7-14(12)16-13/h4-9,11,16H,2-3,10H2,1H3/b9-8+. The number of carbonyl (C=O) groups excluding carboxylic acids is 1. The quantitative estimate of drug-likeness (QED) is 0.496. The lowest BCUT2D eigenvalue weighted by Gasteiger charge is -1.98. The van der Waals surface area contributed by atoms with Crippen LogP contribution in [-0.2, 0) is 9.53 Å². The van der Waals surface area contributed by atoms with Crippen molar-refractivity contribution in [1.82, 2.24) is 4.98 Å². The molecule has 0 bridgehead atoms. The second-order valence-electron chi connectivity index (χ2n) is 4.17. The third-order valence-corrected chi connectivity index (χ3v) is 2.69. The molecule has 0 saturated carbocycles. The first-order valence-electron chi connectivity index (χ1n) is 6.22. The summed E-state index contributed by atoms with van der Waals surface area (Å²) in [6, 6.07) is 10.0. The zero-order valence-electron chi connectivity index (χ0n) is 10.5. The maximum absolute atomic E-state index is 11.4. The van der Waals surface area contributed by atoms with Gasteiger partial charge in [-0.3, -0.25) is 0 Å². The maximum Gasteiger partial charge on any atom is 0.330 e. The van der Waals surface area contributed by atoms with Gasteiger partial charge in [-0.1, -0.05) is 31.5 Å². The molecule has 0 atom stereocenters. The molecule has 0 unspecified atom stereocenters. The molecule has 0 spiro atoms. The molecule has 94 valence electrons. The lowest BCUT2D eigenvalue weighted by molar-refractivity contribution is -0.137. The Balaban J connectivity index is 1.98. The molecular formula is C15H17NO2.